The first-order valence-corrected chi connectivity index (χ1v) is 7.69. The van der Waals surface area contributed by atoms with Crippen LogP contribution in [-0.4, -0.2) is 6.10 Å². The number of halogens is 1. The van der Waals surface area contributed by atoms with E-state index in [-0.39, 0.29) is 6.10 Å². The minimum absolute atomic E-state index is 0.166. The van der Waals surface area contributed by atoms with E-state index in [1.54, 1.807) is 11.8 Å². The summed E-state index contributed by atoms with van der Waals surface area (Å²) in [6.07, 6.45) is 2.00. The average molecular weight is 305 g/mol. The Bertz CT molecular complexity index is 561. The van der Waals surface area contributed by atoms with Crippen LogP contribution < -0.4 is 0 Å². The fourth-order valence-corrected chi connectivity index (χ4v) is 2.59. The smallest absolute Gasteiger partial charge is 0.0978 e. The van der Waals surface area contributed by atoms with Gasteiger partial charge in [-0.15, -0.1) is 0 Å². The largest absolute Gasteiger partial charge is 0.497 e. The van der Waals surface area contributed by atoms with Gasteiger partial charge in [-0.1, -0.05) is 53.7 Å². The lowest BCUT2D eigenvalue weighted by molar-refractivity contribution is 0.181. The summed E-state index contributed by atoms with van der Waals surface area (Å²) in [6, 6.07) is 18.1. The topological polar surface area (TPSA) is 9.23 Å². The van der Waals surface area contributed by atoms with Crippen molar-refractivity contribution in [1.29, 1.82) is 0 Å². The fourth-order valence-electron chi connectivity index (χ4n) is 1.58. The van der Waals surface area contributed by atoms with Crippen LogP contribution in [0.1, 0.15) is 19.4 Å². The molecule has 0 saturated carbocycles. The van der Waals surface area contributed by atoms with Crippen molar-refractivity contribution in [2.24, 2.45) is 0 Å². The average Bonchev–Trinajstić information content (AvgIpc) is 2.46. The number of benzene rings is 2. The Morgan fingerprint density at radius 1 is 1.05 bits per heavy atom. The molecule has 1 nitrogen and oxygen atoms in total. The van der Waals surface area contributed by atoms with E-state index in [0.717, 1.165) is 20.4 Å². The van der Waals surface area contributed by atoms with E-state index in [1.165, 1.54) is 0 Å². The van der Waals surface area contributed by atoms with Gasteiger partial charge in [0.05, 0.1) is 17.3 Å². The van der Waals surface area contributed by atoms with Gasteiger partial charge in [0.1, 0.15) is 0 Å². The number of thioether (sulfide) groups is 1. The zero-order valence-electron chi connectivity index (χ0n) is 11.5. The Balaban J connectivity index is 2.23. The van der Waals surface area contributed by atoms with Gasteiger partial charge >= 0.3 is 0 Å². The molecule has 0 aromatic heterocycles. The van der Waals surface area contributed by atoms with Gasteiger partial charge in [0.25, 0.3) is 0 Å². The summed E-state index contributed by atoms with van der Waals surface area (Å²) in [5, 5.41) is 0.748. The summed E-state index contributed by atoms with van der Waals surface area (Å²) in [6.45, 7) is 4.04. The highest BCUT2D eigenvalue weighted by molar-refractivity contribution is 8.08. The summed E-state index contributed by atoms with van der Waals surface area (Å²) in [5.41, 5.74) is 1.15. The third kappa shape index (κ3) is 4.62. The number of hydrogen-bond acceptors (Lipinski definition) is 2. The Morgan fingerprint density at radius 2 is 1.70 bits per heavy atom. The van der Waals surface area contributed by atoms with Crippen molar-refractivity contribution in [1.82, 2.24) is 0 Å². The molecule has 2 rings (SSSR count). The van der Waals surface area contributed by atoms with Gasteiger partial charge in [-0.2, -0.15) is 0 Å². The molecule has 0 amide bonds. The molecule has 0 fully saturated rings. The van der Waals surface area contributed by atoms with Crippen LogP contribution >= 0.6 is 23.4 Å². The third-order valence-corrected chi connectivity index (χ3v) is 3.86. The Labute approximate surface area is 129 Å². The van der Waals surface area contributed by atoms with E-state index in [1.807, 2.05) is 62.6 Å². The molecule has 2 aromatic rings. The molecule has 0 N–H and O–H groups in total. The highest BCUT2D eigenvalue weighted by atomic mass is 35.5. The van der Waals surface area contributed by atoms with Gasteiger partial charge in [0, 0.05) is 9.92 Å². The monoisotopic (exact) mass is 304 g/mol. The standard InChI is InChI=1S/C17H17ClOS/c1-13(2)19-12-17(14-6-4-3-5-7-14)20-16-10-8-15(18)9-11-16/h3-13H,1-2H3/b17-12-. The Morgan fingerprint density at radius 3 is 2.30 bits per heavy atom. The minimum Gasteiger partial charge on any atom is -0.497 e. The Kier molecular flexibility index (Phi) is 5.57. The van der Waals surface area contributed by atoms with Crippen molar-refractivity contribution in [3.05, 3.63) is 71.4 Å². The lowest BCUT2D eigenvalue weighted by atomic mass is 10.2. The van der Waals surface area contributed by atoms with E-state index < -0.39 is 0 Å². The molecule has 0 atom stereocenters. The first-order valence-electron chi connectivity index (χ1n) is 6.49. The highest BCUT2D eigenvalue weighted by Crippen LogP contribution is 2.34. The molecule has 0 heterocycles. The van der Waals surface area contributed by atoms with Crippen molar-refractivity contribution in [2.45, 2.75) is 24.8 Å². The van der Waals surface area contributed by atoms with Crippen molar-refractivity contribution >= 4 is 28.3 Å². The minimum atomic E-state index is 0.166. The highest BCUT2D eigenvalue weighted by Gasteiger charge is 2.05. The van der Waals surface area contributed by atoms with Crippen LogP contribution in [0.4, 0.5) is 0 Å². The van der Waals surface area contributed by atoms with Gasteiger partial charge < -0.3 is 4.74 Å². The van der Waals surface area contributed by atoms with Gasteiger partial charge in [-0.05, 0) is 43.7 Å². The maximum atomic E-state index is 5.92. The summed E-state index contributed by atoms with van der Waals surface area (Å²) >= 11 is 7.59. The van der Waals surface area contributed by atoms with Gasteiger partial charge in [0.15, 0.2) is 0 Å². The lowest BCUT2D eigenvalue weighted by Crippen LogP contribution is -1.96. The van der Waals surface area contributed by atoms with Crippen LogP contribution in [0.3, 0.4) is 0 Å². The lowest BCUT2D eigenvalue weighted by Gasteiger charge is -2.10. The van der Waals surface area contributed by atoms with Gasteiger partial charge in [-0.25, -0.2) is 0 Å². The number of hydrogen-bond donors (Lipinski definition) is 0. The van der Waals surface area contributed by atoms with Crippen molar-refractivity contribution in [3.8, 4) is 0 Å². The molecular weight excluding hydrogens is 288 g/mol. The van der Waals surface area contributed by atoms with Crippen LogP contribution in [0, 0.1) is 0 Å². The van der Waals surface area contributed by atoms with Crippen molar-refractivity contribution in [3.63, 3.8) is 0 Å². The van der Waals surface area contributed by atoms with E-state index in [9.17, 15) is 0 Å². The predicted molar refractivity (Wildman–Crippen MR) is 87.9 cm³/mol. The summed E-state index contributed by atoms with van der Waals surface area (Å²) < 4.78 is 5.65. The normalized spacial score (nSPS) is 11.7. The van der Waals surface area contributed by atoms with Crippen LogP contribution in [0.25, 0.3) is 4.91 Å². The van der Waals surface area contributed by atoms with E-state index in [4.69, 9.17) is 16.3 Å². The van der Waals surface area contributed by atoms with E-state index in [0.29, 0.717) is 0 Å². The van der Waals surface area contributed by atoms with Gasteiger partial charge in [0.2, 0.25) is 0 Å². The molecule has 2 aromatic carbocycles. The number of ether oxygens (including phenoxy) is 1. The first-order chi connectivity index (χ1) is 9.65. The molecule has 0 aliphatic rings. The molecule has 3 heteroatoms. The number of rotatable bonds is 5. The third-order valence-electron chi connectivity index (χ3n) is 2.55. The van der Waals surface area contributed by atoms with Crippen LogP contribution in [0.2, 0.25) is 5.02 Å². The molecule has 0 saturated heterocycles. The van der Waals surface area contributed by atoms with E-state index in [2.05, 4.69) is 12.1 Å². The second kappa shape index (κ2) is 7.41. The molecule has 104 valence electrons. The van der Waals surface area contributed by atoms with Crippen molar-refractivity contribution in [2.75, 3.05) is 0 Å². The van der Waals surface area contributed by atoms with Gasteiger partial charge in [-0.3, -0.25) is 0 Å². The molecular formula is C17H17ClOS. The second-order valence-electron chi connectivity index (χ2n) is 4.59. The molecule has 0 bridgehead atoms. The quantitative estimate of drug-likeness (QED) is 0.506. The van der Waals surface area contributed by atoms with Crippen LogP contribution in [-0.2, 0) is 4.74 Å². The van der Waals surface area contributed by atoms with Crippen molar-refractivity contribution < 1.29 is 4.74 Å². The summed E-state index contributed by atoms with van der Waals surface area (Å²) in [4.78, 5) is 2.22. The zero-order chi connectivity index (χ0) is 14.4. The van der Waals surface area contributed by atoms with E-state index >= 15 is 0 Å². The van der Waals surface area contributed by atoms with Crippen LogP contribution in [0.15, 0.2) is 65.8 Å². The maximum Gasteiger partial charge on any atom is 0.0978 e. The summed E-state index contributed by atoms with van der Waals surface area (Å²) in [7, 11) is 0. The maximum absolute atomic E-state index is 5.92. The summed E-state index contributed by atoms with van der Waals surface area (Å²) in [5.74, 6) is 0. The molecule has 0 spiro atoms. The molecule has 0 unspecified atom stereocenters. The Hall–Kier alpha value is -1.38. The molecule has 0 radical (unpaired) electrons. The van der Waals surface area contributed by atoms with Crippen LogP contribution in [0.5, 0.6) is 0 Å². The fraction of sp³-hybridized carbons (Fsp3) is 0.176. The predicted octanol–water partition coefficient (Wildman–Crippen LogP) is 5.86. The SMILES string of the molecule is CC(C)O/C=C(\Sc1ccc(Cl)cc1)c1ccccc1. The first kappa shape index (κ1) is 15.0. The molecule has 0 aliphatic heterocycles. The molecule has 20 heavy (non-hydrogen) atoms. The molecule has 0 aliphatic carbocycles. The zero-order valence-corrected chi connectivity index (χ0v) is 13.1. The second-order valence-corrected chi connectivity index (χ2v) is 6.14.